The van der Waals surface area contributed by atoms with Crippen LogP contribution in [0.4, 0.5) is 5.69 Å². The molecule has 9 heteroatoms. The highest BCUT2D eigenvalue weighted by molar-refractivity contribution is 7.90. The maximum Gasteiger partial charge on any atom is 0.263 e. The number of aliphatic imine (C=N–C) groups is 1. The molecule has 30 heavy (non-hydrogen) atoms. The normalized spacial score (nSPS) is 19.2. The Bertz CT molecular complexity index is 1060. The van der Waals surface area contributed by atoms with Crippen molar-refractivity contribution in [1.82, 2.24) is 10.0 Å². The smallest absolute Gasteiger partial charge is 0.263 e. The predicted molar refractivity (Wildman–Crippen MR) is 115 cm³/mol. The summed E-state index contributed by atoms with van der Waals surface area (Å²) in [6, 6.07) is 14.6. The molecule has 2 aromatic rings. The molecule has 158 valence electrons. The van der Waals surface area contributed by atoms with Crippen molar-refractivity contribution in [3.05, 3.63) is 54.1 Å². The number of hydrogen-bond acceptors (Lipinski definition) is 6. The van der Waals surface area contributed by atoms with E-state index in [2.05, 4.69) is 19.9 Å². The zero-order chi connectivity index (χ0) is 21.1. The van der Waals surface area contributed by atoms with Crippen LogP contribution in [0.15, 0.2) is 58.4 Å². The van der Waals surface area contributed by atoms with Crippen molar-refractivity contribution in [3.63, 3.8) is 0 Å². The van der Waals surface area contributed by atoms with Gasteiger partial charge in [-0.2, -0.15) is 0 Å². The van der Waals surface area contributed by atoms with E-state index < -0.39 is 10.0 Å². The summed E-state index contributed by atoms with van der Waals surface area (Å²) in [6.07, 6.45) is 1.67. The molecule has 1 amide bonds. The Morgan fingerprint density at radius 2 is 1.87 bits per heavy atom. The van der Waals surface area contributed by atoms with Crippen LogP contribution in [-0.4, -0.2) is 52.9 Å². The van der Waals surface area contributed by atoms with E-state index in [4.69, 9.17) is 4.74 Å². The largest absolute Gasteiger partial charge is 0.497 e. The first-order chi connectivity index (χ1) is 14.5. The minimum absolute atomic E-state index is 0.0831. The van der Waals surface area contributed by atoms with Gasteiger partial charge in [0.1, 0.15) is 18.1 Å². The first-order valence-corrected chi connectivity index (χ1v) is 11.3. The van der Waals surface area contributed by atoms with Gasteiger partial charge in [-0.25, -0.2) is 8.42 Å². The molecule has 0 unspecified atom stereocenters. The SMILES string of the molecule is COc1ccc(N2CCC(NC(=O)CN=C3NS(=O)(=O)c4ccccc43)CC2)cc1. The highest BCUT2D eigenvalue weighted by Crippen LogP contribution is 2.23. The topological polar surface area (TPSA) is 100 Å². The van der Waals surface area contributed by atoms with Crippen LogP contribution >= 0.6 is 0 Å². The summed E-state index contributed by atoms with van der Waals surface area (Å²) in [5.41, 5.74) is 1.64. The number of nitrogens with one attached hydrogen (secondary N) is 2. The number of fused-ring (bicyclic) bond motifs is 1. The summed E-state index contributed by atoms with van der Waals surface area (Å²) in [5.74, 6) is 0.832. The average molecular weight is 429 g/mol. The van der Waals surface area contributed by atoms with Crippen LogP contribution in [-0.2, 0) is 14.8 Å². The van der Waals surface area contributed by atoms with Crippen LogP contribution in [0.2, 0.25) is 0 Å². The van der Waals surface area contributed by atoms with Crippen molar-refractivity contribution < 1.29 is 17.9 Å². The lowest BCUT2D eigenvalue weighted by atomic mass is 10.0. The van der Waals surface area contributed by atoms with E-state index in [1.54, 1.807) is 25.3 Å². The fraction of sp³-hybridized carbons (Fsp3) is 0.333. The van der Waals surface area contributed by atoms with Crippen LogP contribution in [0.5, 0.6) is 5.75 Å². The van der Waals surface area contributed by atoms with Crippen molar-refractivity contribution >= 4 is 27.5 Å². The van der Waals surface area contributed by atoms with Crippen LogP contribution in [0, 0.1) is 0 Å². The number of hydrogen-bond donors (Lipinski definition) is 2. The Kier molecular flexibility index (Phi) is 5.63. The van der Waals surface area contributed by atoms with Gasteiger partial charge < -0.3 is 15.0 Å². The molecule has 8 nitrogen and oxygen atoms in total. The van der Waals surface area contributed by atoms with E-state index in [1.807, 2.05) is 24.3 Å². The third-order valence-electron chi connectivity index (χ3n) is 5.34. The van der Waals surface area contributed by atoms with E-state index >= 15 is 0 Å². The van der Waals surface area contributed by atoms with E-state index in [9.17, 15) is 13.2 Å². The number of anilines is 1. The standard InChI is InChI=1S/C21H24N4O4S/c1-29-17-8-6-16(7-9-17)25-12-10-15(11-13-25)23-20(26)14-22-21-18-4-2-3-5-19(18)30(27,28)24-21/h2-9,15H,10-14H2,1H3,(H,22,24)(H,23,26). The van der Waals surface area contributed by atoms with Crippen molar-refractivity contribution in [2.75, 3.05) is 31.6 Å². The molecule has 2 aromatic carbocycles. The third-order valence-corrected chi connectivity index (χ3v) is 6.74. The van der Waals surface area contributed by atoms with Gasteiger partial charge in [0.15, 0.2) is 0 Å². The summed E-state index contributed by atoms with van der Waals surface area (Å²) in [4.78, 5) is 19.0. The summed E-state index contributed by atoms with van der Waals surface area (Å²) in [5, 5.41) is 3.01. The van der Waals surface area contributed by atoms with Crippen molar-refractivity contribution in [3.8, 4) is 5.75 Å². The molecular weight excluding hydrogens is 404 g/mol. The van der Waals surface area contributed by atoms with Crippen LogP contribution in [0.3, 0.4) is 0 Å². The van der Waals surface area contributed by atoms with E-state index in [0.29, 0.717) is 5.56 Å². The number of carbonyl (C=O) groups is 1. The third kappa shape index (κ3) is 4.25. The van der Waals surface area contributed by atoms with Gasteiger partial charge in [-0.3, -0.25) is 14.5 Å². The first kappa shape index (κ1) is 20.2. The Hall–Kier alpha value is -3.07. The number of rotatable bonds is 5. The van der Waals surface area contributed by atoms with Gasteiger partial charge in [-0.05, 0) is 49.2 Å². The average Bonchev–Trinajstić information content (AvgIpc) is 3.03. The molecule has 0 saturated carbocycles. The lowest BCUT2D eigenvalue weighted by Gasteiger charge is -2.34. The second-order valence-corrected chi connectivity index (χ2v) is 8.94. The Balaban J connectivity index is 1.30. The summed E-state index contributed by atoms with van der Waals surface area (Å²) in [6.45, 7) is 1.57. The van der Waals surface area contributed by atoms with Crippen LogP contribution in [0.25, 0.3) is 0 Å². The van der Waals surface area contributed by atoms with E-state index in [-0.39, 0.29) is 29.2 Å². The first-order valence-electron chi connectivity index (χ1n) is 9.81. The van der Waals surface area contributed by atoms with E-state index in [0.717, 1.165) is 37.4 Å². The second-order valence-electron chi connectivity index (χ2n) is 7.29. The maximum absolute atomic E-state index is 12.3. The number of piperidine rings is 1. The molecule has 1 fully saturated rings. The van der Waals surface area contributed by atoms with Crippen molar-refractivity contribution in [2.45, 2.75) is 23.8 Å². The van der Waals surface area contributed by atoms with Gasteiger partial charge >= 0.3 is 0 Å². The molecule has 0 aromatic heterocycles. The van der Waals surface area contributed by atoms with Crippen LogP contribution in [0.1, 0.15) is 18.4 Å². The van der Waals surface area contributed by atoms with Gasteiger partial charge in [0.05, 0.1) is 12.0 Å². The maximum atomic E-state index is 12.3. The number of amides is 1. The second kappa shape index (κ2) is 8.35. The number of ether oxygens (including phenoxy) is 1. The Morgan fingerprint density at radius 1 is 1.17 bits per heavy atom. The van der Waals surface area contributed by atoms with Gasteiger partial charge in [-0.15, -0.1) is 0 Å². The Morgan fingerprint density at radius 3 is 2.57 bits per heavy atom. The van der Waals surface area contributed by atoms with Crippen LogP contribution < -0.4 is 19.7 Å². The lowest BCUT2D eigenvalue weighted by Crippen LogP contribution is -2.45. The number of amidine groups is 1. The fourth-order valence-corrected chi connectivity index (χ4v) is 5.00. The minimum atomic E-state index is -3.59. The molecule has 0 radical (unpaired) electrons. The van der Waals surface area contributed by atoms with Gasteiger partial charge in [0, 0.05) is 30.4 Å². The number of sulfonamides is 1. The van der Waals surface area contributed by atoms with E-state index in [1.165, 1.54) is 6.07 Å². The molecule has 1 saturated heterocycles. The zero-order valence-corrected chi connectivity index (χ0v) is 17.5. The van der Waals surface area contributed by atoms with Gasteiger partial charge in [-0.1, -0.05) is 12.1 Å². The number of nitrogens with zero attached hydrogens (tertiary/aromatic N) is 2. The highest BCUT2D eigenvalue weighted by Gasteiger charge is 2.30. The predicted octanol–water partition coefficient (Wildman–Crippen LogP) is 1.52. The molecule has 0 bridgehead atoms. The van der Waals surface area contributed by atoms with Crippen molar-refractivity contribution in [1.29, 1.82) is 0 Å². The highest BCUT2D eigenvalue weighted by atomic mass is 32.2. The number of carbonyl (C=O) groups excluding carboxylic acids is 1. The summed E-state index contributed by atoms with van der Waals surface area (Å²) < 4.78 is 31.8. The molecule has 2 aliphatic rings. The summed E-state index contributed by atoms with van der Waals surface area (Å²) in [7, 11) is -1.95. The molecule has 2 aliphatic heterocycles. The monoisotopic (exact) mass is 428 g/mol. The molecule has 2 N–H and O–H groups in total. The molecular formula is C21H24N4O4S. The quantitative estimate of drug-likeness (QED) is 0.752. The minimum Gasteiger partial charge on any atom is -0.497 e. The molecule has 0 aliphatic carbocycles. The zero-order valence-electron chi connectivity index (χ0n) is 16.7. The lowest BCUT2D eigenvalue weighted by molar-refractivity contribution is -0.120. The molecule has 4 rings (SSSR count). The Labute approximate surface area is 176 Å². The van der Waals surface area contributed by atoms with Crippen molar-refractivity contribution in [2.24, 2.45) is 4.99 Å². The fourth-order valence-electron chi connectivity index (χ4n) is 3.75. The van der Waals surface area contributed by atoms with Gasteiger partial charge in [0.25, 0.3) is 10.0 Å². The summed E-state index contributed by atoms with van der Waals surface area (Å²) >= 11 is 0. The molecule has 0 spiro atoms. The van der Waals surface area contributed by atoms with Gasteiger partial charge in [0.2, 0.25) is 5.91 Å². The molecule has 0 atom stereocenters. The number of methoxy groups -OCH3 is 1. The molecule has 2 heterocycles. The number of benzene rings is 2.